The highest BCUT2D eigenvalue weighted by molar-refractivity contribution is 6.31. The zero-order chi connectivity index (χ0) is 20.8. The predicted octanol–water partition coefficient (Wildman–Crippen LogP) is 2.92. The molecular formula is C21H28ClFN4O2. The lowest BCUT2D eigenvalue weighted by atomic mass is 10.1. The number of benzene rings is 1. The van der Waals surface area contributed by atoms with E-state index < -0.39 is 5.82 Å². The Morgan fingerprint density at radius 3 is 2.83 bits per heavy atom. The van der Waals surface area contributed by atoms with E-state index in [0.717, 1.165) is 56.1 Å². The summed E-state index contributed by atoms with van der Waals surface area (Å²) >= 11 is 6.01. The lowest BCUT2D eigenvalue weighted by Crippen LogP contribution is -2.36. The Morgan fingerprint density at radius 2 is 2.10 bits per heavy atom. The zero-order valence-corrected chi connectivity index (χ0v) is 17.7. The molecule has 1 aromatic heterocycles. The number of carbonyl (C=O) groups excluding carboxylic acids is 1. The molecule has 0 saturated carbocycles. The highest BCUT2D eigenvalue weighted by Gasteiger charge is 2.16. The van der Waals surface area contributed by atoms with E-state index in [1.165, 1.54) is 12.1 Å². The van der Waals surface area contributed by atoms with Crippen LogP contribution in [0.4, 0.5) is 4.39 Å². The Balaban J connectivity index is 1.51. The summed E-state index contributed by atoms with van der Waals surface area (Å²) in [7, 11) is 0. The number of hydrogen-bond donors (Lipinski definition) is 2. The van der Waals surface area contributed by atoms with Crippen LogP contribution in [0.25, 0.3) is 0 Å². The maximum atomic E-state index is 13.1. The molecule has 0 atom stereocenters. The predicted molar refractivity (Wildman–Crippen MR) is 111 cm³/mol. The van der Waals surface area contributed by atoms with Crippen LogP contribution in [-0.4, -0.2) is 41.5 Å². The van der Waals surface area contributed by atoms with E-state index in [4.69, 9.17) is 16.3 Å². The van der Waals surface area contributed by atoms with Crippen molar-refractivity contribution < 1.29 is 13.9 Å². The van der Waals surface area contributed by atoms with Crippen LogP contribution in [0, 0.1) is 19.7 Å². The summed E-state index contributed by atoms with van der Waals surface area (Å²) in [5.41, 5.74) is 3.50. The summed E-state index contributed by atoms with van der Waals surface area (Å²) in [6.45, 7) is 7.42. The lowest BCUT2D eigenvalue weighted by Gasteiger charge is -2.23. The van der Waals surface area contributed by atoms with Crippen molar-refractivity contribution >= 4 is 17.5 Å². The van der Waals surface area contributed by atoms with Crippen LogP contribution in [-0.2, 0) is 29.0 Å². The van der Waals surface area contributed by atoms with Gasteiger partial charge in [-0.1, -0.05) is 17.7 Å². The zero-order valence-electron chi connectivity index (χ0n) is 16.9. The van der Waals surface area contributed by atoms with Crippen LogP contribution in [0.3, 0.4) is 0 Å². The van der Waals surface area contributed by atoms with Crippen molar-refractivity contribution in [3.63, 3.8) is 0 Å². The molecule has 1 amide bonds. The summed E-state index contributed by atoms with van der Waals surface area (Å²) < 4.78 is 20.5. The molecule has 0 radical (unpaired) electrons. The van der Waals surface area contributed by atoms with Gasteiger partial charge in [-0.15, -0.1) is 0 Å². The molecule has 2 aromatic rings. The van der Waals surface area contributed by atoms with E-state index >= 15 is 0 Å². The van der Waals surface area contributed by atoms with Crippen molar-refractivity contribution in [1.29, 1.82) is 0 Å². The number of halogens is 2. The third kappa shape index (κ3) is 6.01. The third-order valence-electron chi connectivity index (χ3n) is 5.34. The second-order valence-electron chi connectivity index (χ2n) is 7.40. The molecule has 158 valence electrons. The van der Waals surface area contributed by atoms with Crippen molar-refractivity contribution in [2.75, 3.05) is 19.8 Å². The van der Waals surface area contributed by atoms with Crippen LogP contribution in [0.15, 0.2) is 18.2 Å². The molecule has 29 heavy (non-hydrogen) atoms. The summed E-state index contributed by atoms with van der Waals surface area (Å²) in [5.74, 6) is -0.508. The molecular weight excluding hydrogens is 395 g/mol. The molecule has 1 saturated heterocycles. The van der Waals surface area contributed by atoms with Gasteiger partial charge in [0.2, 0.25) is 5.91 Å². The topological polar surface area (TPSA) is 68.2 Å². The fourth-order valence-corrected chi connectivity index (χ4v) is 3.80. The van der Waals surface area contributed by atoms with E-state index in [0.29, 0.717) is 16.6 Å². The van der Waals surface area contributed by atoms with E-state index in [-0.39, 0.29) is 18.9 Å². The monoisotopic (exact) mass is 422 g/mol. The number of carbonyl (C=O) groups is 1. The van der Waals surface area contributed by atoms with Crippen molar-refractivity contribution in [2.24, 2.45) is 0 Å². The van der Waals surface area contributed by atoms with E-state index in [1.54, 1.807) is 6.07 Å². The molecule has 0 aliphatic carbocycles. The van der Waals surface area contributed by atoms with E-state index in [2.05, 4.69) is 15.7 Å². The van der Waals surface area contributed by atoms with Gasteiger partial charge in [-0.2, -0.15) is 5.10 Å². The highest BCUT2D eigenvalue weighted by atomic mass is 35.5. The molecule has 3 rings (SSSR count). The second kappa shape index (κ2) is 10.2. The number of hydrogen-bond acceptors (Lipinski definition) is 4. The Labute approximate surface area is 175 Å². The first-order valence-electron chi connectivity index (χ1n) is 9.98. The summed E-state index contributed by atoms with van der Waals surface area (Å²) in [6.07, 6.45) is 2.34. The first-order chi connectivity index (χ1) is 13.9. The van der Waals surface area contributed by atoms with Crippen molar-refractivity contribution in [2.45, 2.75) is 52.2 Å². The fraction of sp³-hybridized carbons (Fsp3) is 0.524. The molecule has 2 N–H and O–H groups in total. The average Bonchev–Trinajstić information content (AvgIpc) is 2.96. The number of ether oxygens (including phenoxy) is 1. The first kappa shape index (κ1) is 21.7. The molecule has 1 fully saturated rings. The van der Waals surface area contributed by atoms with Crippen LogP contribution < -0.4 is 10.6 Å². The molecule has 6 nitrogen and oxygen atoms in total. The van der Waals surface area contributed by atoms with Gasteiger partial charge >= 0.3 is 0 Å². The standard InChI is InChI=1S/C21H28ClFN4O2/c1-14-19(12-21(28)25-13-16-3-4-17(23)11-20(16)22)15(2)27(26-14)8-7-24-18-5-9-29-10-6-18/h3-4,11,18,24H,5-10,12-13H2,1-2H3,(H,25,28). The minimum Gasteiger partial charge on any atom is -0.381 e. The summed E-state index contributed by atoms with van der Waals surface area (Å²) in [5, 5.41) is 11.3. The Bertz CT molecular complexity index is 849. The number of nitrogens with zero attached hydrogens (tertiary/aromatic N) is 2. The Hall–Kier alpha value is -1.96. The normalized spacial score (nSPS) is 14.9. The second-order valence-corrected chi connectivity index (χ2v) is 7.81. The lowest BCUT2D eigenvalue weighted by molar-refractivity contribution is -0.120. The molecule has 0 unspecified atom stereocenters. The number of aryl methyl sites for hydroxylation is 1. The molecule has 0 bridgehead atoms. The van der Waals surface area contributed by atoms with Crippen molar-refractivity contribution in [1.82, 2.24) is 20.4 Å². The molecule has 1 aromatic carbocycles. The number of amides is 1. The van der Waals surface area contributed by atoms with Crippen molar-refractivity contribution in [3.8, 4) is 0 Å². The summed E-state index contributed by atoms with van der Waals surface area (Å²) in [6, 6.07) is 4.66. The van der Waals surface area contributed by atoms with Gasteiger partial charge in [-0.3, -0.25) is 9.48 Å². The van der Waals surface area contributed by atoms with E-state index in [9.17, 15) is 9.18 Å². The third-order valence-corrected chi connectivity index (χ3v) is 5.69. The quantitative estimate of drug-likeness (QED) is 0.686. The van der Waals surface area contributed by atoms with Gasteiger partial charge in [0.1, 0.15) is 5.82 Å². The SMILES string of the molecule is Cc1nn(CCNC2CCOCC2)c(C)c1CC(=O)NCc1ccc(F)cc1Cl. The van der Waals surface area contributed by atoms with Gasteiger partial charge in [0.05, 0.1) is 18.7 Å². The molecule has 8 heteroatoms. The van der Waals surface area contributed by atoms with Gasteiger partial charge in [0.25, 0.3) is 0 Å². The van der Waals surface area contributed by atoms with Gasteiger partial charge in [-0.25, -0.2) is 4.39 Å². The largest absolute Gasteiger partial charge is 0.381 e. The minimum atomic E-state index is -0.393. The smallest absolute Gasteiger partial charge is 0.224 e. The van der Waals surface area contributed by atoms with E-state index in [1.807, 2.05) is 18.5 Å². The maximum Gasteiger partial charge on any atom is 0.224 e. The fourth-order valence-electron chi connectivity index (χ4n) is 3.57. The molecule has 0 spiro atoms. The maximum absolute atomic E-state index is 13.1. The van der Waals surface area contributed by atoms with Gasteiger partial charge in [-0.05, 0) is 44.4 Å². The first-order valence-corrected chi connectivity index (χ1v) is 10.4. The molecule has 2 heterocycles. The number of aromatic nitrogens is 2. The Kier molecular flexibility index (Phi) is 7.64. The summed E-state index contributed by atoms with van der Waals surface area (Å²) in [4.78, 5) is 12.4. The number of rotatable bonds is 8. The Morgan fingerprint density at radius 1 is 1.34 bits per heavy atom. The highest BCUT2D eigenvalue weighted by Crippen LogP contribution is 2.18. The molecule has 1 aliphatic heterocycles. The van der Waals surface area contributed by atoms with Crippen molar-refractivity contribution in [3.05, 3.63) is 51.6 Å². The molecule has 1 aliphatic rings. The van der Waals surface area contributed by atoms with Crippen LogP contribution >= 0.6 is 11.6 Å². The van der Waals surface area contributed by atoms with Gasteiger partial charge in [0, 0.05) is 48.6 Å². The van der Waals surface area contributed by atoms with Crippen LogP contribution in [0.5, 0.6) is 0 Å². The van der Waals surface area contributed by atoms with Crippen LogP contribution in [0.1, 0.15) is 35.4 Å². The van der Waals surface area contributed by atoms with Gasteiger partial charge < -0.3 is 15.4 Å². The van der Waals surface area contributed by atoms with Gasteiger partial charge in [0.15, 0.2) is 0 Å². The average molecular weight is 423 g/mol. The van der Waals surface area contributed by atoms with Crippen LogP contribution in [0.2, 0.25) is 5.02 Å². The number of nitrogens with one attached hydrogen (secondary N) is 2. The minimum absolute atomic E-state index is 0.114.